The summed E-state index contributed by atoms with van der Waals surface area (Å²) in [5.41, 5.74) is 0.393. The van der Waals surface area contributed by atoms with Crippen LogP contribution in [-0.2, 0) is 0 Å². The van der Waals surface area contributed by atoms with E-state index < -0.39 is 0 Å². The average molecular weight is 264 g/mol. The Morgan fingerprint density at radius 2 is 2.37 bits per heavy atom. The Bertz CT molecular complexity index is 450. The van der Waals surface area contributed by atoms with E-state index in [1.807, 2.05) is 6.92 Å². The summed E-state index contributed by atoms with van der Waals surface area (Å²) in [6.07, 6.45) is 3.46. The maximum absolute atomic E-state index is 12.5. The number of amides is 1. The first-order valence-corrected chi connectivity index (χ1v) is 6.57. The maximum atomic E-state index is 12.5. The summed E-state index contributed by atoms with van der Waals surface area (Å²) in [5.74, 6) is 0.706. The van der Waals surface area contributed by atoms with Crippen molar-refractivity contribution in [2.24, 2.45) is 5.92 Å². The molecule has 1 aromatic rings. The van der Waals surface area contributed by atoms with E-state index in [9.17, 15) is 9.90 Å². The van der Waals surface area contributed by atoms with Crippen molar-refractivity contribution >= 4 is 5.91 Å². The second-order valence-electron chi connectivity index (χ2n) is 5.01. The molecule has 0 aliphatic carbocycles. The molecule has 2 unspecified atom stereocenters. The SMILES string of the molecule is COc1ccnc(C(=O)N2CC(CO)CCC2C)c1. The van der Waals surface area contributed by atoms with Gasteiger partial charge in [-0.05, 0) is 31.7 Å². The van der Waals surface area contributed by atoms with Crippen molar-refractivity contribution in [1.29, 1.82) is 0 Å². The Morgan fingerprint density at radius 3 is 3.05 bits per heavy atom. The number of aromatic nitrogens is 1. The minimum Gasteiger partial charge on any atom is -0.497 e. The zero-order valence-electron chi connectivity index (χ0n) is 11.4. The summed E-state index contributed by atoms with van der Waals surface area (Å²) in [5, 5.41) is 9.26. The molecule has 19 heavy (non-hydrogen) atoms. The molecule has 1 amide bonds. The molecule has 1 aromatic heterocycles. The lowest BCUT2D eigenvalue weighted by Crippen LogP contribution is -2.46. The van der Waals surface area contributed by atoms with Crippen molar-refractivity contribution in [3.05, 3.63) is 24.0 Å². The van der Waals surface area contributed by atoms with Gasteiger partial charge in [0.15, 0.2) is 0 Å². The van der Waals surface area contributed by atoms with E-state index in [1.54, 1.807) is 30.3 Å². The molecule has 1 N–H and O–H groups in total. The fraction of sp³-hybridized carbons (Fsp3) is 0.571. The first-order chi connectivity index (χ1) is 9.15. The molecule has 1 aliphatic rings. The molecule has 0 radical (unpaired) electrons. The third-order valence-electron chi connectivity index (χ3n) is 3.68. The van der Waals surface area contributed by atoms with E-state index in [0.29, 0.717) is 18.0 Å². The van der Waals surface area contributed by atoms with Crippen molar-refractivity contribution in [3.63, 3.8) is 0 Å². The largest absolute Gasteiger partial charge is 0.497 e. The lowest BCUT2D eigenvalue weighted by Gasteiger charge is -2.37. The molecular weight excluding hydrogens is 244 g/mol. The quantitative estimate of drug-likeness (QED) is 0.894. The van der Waals surface area contributed by atoms with Crippen LogP contribution < -0.4 is 4.74 Å². The third-order valence-corrected chi connectivity index (χ3v) is 3.68. The van der Waals surface area contributed by atoms with Gasteiger partial charge in [-0.2, -0.15) is 0 Å². The summed E-state index contributed by atoms with van der Waals surface area (Å²) >= 11 is 0. The van der Waals surface area contributed by atoms with Gasteiger partial charge in [0, 0.05) is 31.5 Å². The monoisotopic (exact) mass is 264 g/mol. The minimum atomic E-state index is -0.0930. The van der Waals surface area contributed by atoms with Crippen LogP contribution in [0.2, 0.25) is 0 Å². The molecule has 5 heteroatoms. The highest BCUT2D eigenvalue weighted by atomic mass is 16.5. The molecule has 0 saturated carbocycles. The van der Waals surface area contributed by atoms with Crippen LogP contribution in [0.1, 0.15) is 30.3 Å². The van der Waals surface area contributed by atoms with Crippen LogP contribution in [0, 0.1) is 5.92 Å². The number of rotatable bonds is 3. The van der Waals surface area contributed by atoms with Crippen LogP contribution in [0.4, 0.5) is 0 Å². The molecule has 1 aliphatic heterocycles. The van der Waals surface area contributed by atoms with Crippen molar-refractivity contribution < 1.29 is 14.6 Å². The molecule has 2 heterocycles. The first-order valence-electron chi connectivity index (χ1n) is 6.57. The zero-order chi connectivity index (χ0) is 13.8. The predicted octanol–water partition coefficient (Wildman–Crippen LogP) is 1.32. The summed E-state index contributed by atoms with van der Waals surface area (Å²) in [6, 6.07) is 3.55. The first kappa shape index (κ1) is 13.8. The van der Waals surface area contributed by atoms with E-state index in [1.165, 1.54) is 0 Å². The third kappa shape index (κ3) is 3.04. The van der Waals surface area contributed by atoms with Crippen LogP contribution in [0.15, 0.2) is 18.3 Å². The summed E-state index contributed by atoms with van der Waals surface area (Å²) in [6.45, 7) is 2.75. The number of ether oxygens (including phenoxy) is 1. The van der Waals surface area contributed by atoms with Crippen LogP contribution in [0.25, 0.3) is 0 Å². The van der Waals surface area contributed by atoms with Crippen molar-refractivity contribution in [2.45, 2.75) is 25.8 Å². The number of piperidine rings is 1. The average Bonchev–Trinajstić information content (AvgIpc) is 2.47. The van der Waals surface area contributed by atoms with Crippen molar-refractivity contribution in [2.75, 3.05) is 20.3 Å². The minimum absolute atomic E-state index is 0.0930. The van der Waals surface area contributed by atoms with E-state index in [2.05, 4.69) is 4.98 Å². The van der Waals surface area contributed by atoms with Gasteiger partial charge in [-0.15, -0.1) is 0 Å². The van der Waals surface area contributed by atoms with Gasteiger partial charge in [-0.3, -0.25) is 9.78 Å². The molecule has 104 valence electrons. The Hall–Kier alpha value is -1.62. The van der Waals surface area contributed by atoms with E-state index in [0.717, 1.165) is 12.8 Å². The predicted molar refractivity (Wildman–Crippen MR) is 71.1 cm³/mol. The van der Waals surface area contributed by atoms with E-state index in [4.69, 9.17) is 4.74 Å². The van der Waals surface area contributed by atoms with Gasteiger partial charge in [-0.25, -0.2) is 0 Å². The summed E-state index contributed by atoms with van der Waals surface area (Å²) in [4.78, 5) is 18.4. The highest BCUT2D eigenvalue weighted by Gasteiger charge is 2.29. The number of hydrogen-bond acceptors (Lipinski definition) is 4. The van der Waals surface area contributed by atoms with Gasteiger partial charge in [0.2, 0.25) is 0 Å². The fourth-order valence-electron chi connectivity index (χ4n) is 2.42. The number of carbonyl (C=O) groups excluding carboxylic acids is 1. The lowest BCUT2D eigenvalue weighted by atomic mass is 9.94. The number of likely N-dealkylation sites (tertiary alicyclic amines) is 1. The van der Waals surface area contributed by atoms with Crippen molar-refractivity contribution in [1.82, 2.24) is 9.88 Å². The number of aliphatic hydroxyl groups is 1. The van der Waals surface area contributed by atoms with Gasteiger partial charge < -0.3 is 14.7 Å². The van der Waals surface area contributed by atoms with Crippen LogP contribution in [0.5, 0.6) is 5.75 Å². The molecule has 2 atom stereocenters. The molecule has 1 saturated heterocycles. The van der Waals surface area contributed by atoms with Gasteiger partial charge in [-0.1, -0.05) is 0 Å². The van der Waals surface area contributed by atoms with E-state index in [-0.39, 0.29) is 24.5 Å². The Morgan fingerprint density at radius 1 is 1.58 bits per heavy atom. The van der Waals surface area contributed by atoms with Gasteiger partial charge in [0.1, 0.15) is 11.4 Å². The highest BCUT2D eigenvalue weighted by Crippen LogP contribution is 2.23. The van der Waals surface area contributed by atoms with Gasteiger partial charge >= 0.3 is 0 Å². The number of carbonyl (C=O) groups is 1. The smallest absolute Gasteiger partial charge is 0.272 e. The van der Waals surface area contributed by atoms with E-state index >= 15 is 0 Å². The summed E-state index contributed by atoms with van der Waals surface area (Å²) < 4.78 is 5.11. The molecular formula is C14H20N2O3. The lowest BCUT2D eigenvalue weighted by molar-refractivity contribution is 0.0483. The number of aliphatic hydroxyl groups excluding tert-OH is 1. The second kappa shape index (κ2) is 6.02. The molecule has 1 fully saturated rings. The molecule has 5 nitrogen and oxygen atoms in total. The van der Waals surface area contributed by atoms with Crippen molar-refractivity contribution in [3.8, 4) is 5.75 Å². The number of hydrogen-bond donors (Lipinski definition) is 1. The second-order valence-corrected chi connectivity index (χ2v) is 5.01. The van der Waals surface area contributed by atoms with Crippen LogP contribution in [-0.4, -0.2) is 47.2 Å². The molecule has 0 aromatic carbocycles. The normalized spacial score (nSPS) is 23.2. The highest BCUT2D eigenvalue weighted by molar-refractivity contribution is 5.92. The Balaban J connectivity index is 2.16. The molecule has 0 bridgehead atoms. The number of pyridine rings is 1. The topological polar surface area (TPSA) is 62.7 Å². The summed E-state index contributed by atoms with van der Waals surface area (Å²) in [7, 11) is 1.56. The Labute approximate surface area is 113 Å². The standard InChI is InChI=1S/C14H20N2O3/c1-10-3-4-11(9-17)8-16(10)14(18)13-7-12(19-2)5-6-15-13/h5-7,10-11,17H,3-4,8-9H2,1-2H3. The van der Waals surface area contributed by atoms with Gasteiger partial charge in [0.25, 0.3) is 5.91 Å². The van der Waals surface area contributed by atoms with Crippen LogP contribution in [0.3, 0.4) is 0 Å². The molecule has 2 rings (SSSR count). The molecule has 0 spiro atoms. The maximum Gasteiger partial charge on any atom is 0.272 e. The van der Waals surface area contributed by atoms with Crippen LogP contribution >= 0.6 is 0 Å². The Kier molecular flexibility index (Phi) is 4.37. The zero-order valence-corrected chi connectivity index (χ0v) is 11.4. The fourth-order valence-corrected chi connectivity index (χ4v) is 2.42. The number of nitrogens with zero attached hydrogens (tertiary/aromatic N) is 2. The number of methoxy groups -OCH3 is 1. The van der Waals surface area contributed by atoms with Gasteiger partial charge in [0.05, 0.1) is 7.11 Å².